The van der Waals surface area contributed by atoms with Gasteiger partial charge in [0.05, 0.1) is 5.56 Å². The lowest BCUT2D eigenvalue weighted by Crippen LogP contribution is -2.35. The van der Waals surface area contributed by atoms with Crippen molar-refractivity contribution in [2.75, 3.05) is 11.9 Å². The first-order chi connectivity index (χ1) is 8.24. The molecule has 0 atom stereocenters. The minimum Gasteiger partial charge on any atom is -0.443 e. The Morgan fingerprint density at radius 2 is 2.06 bits per heavy atom. The lowest BCUT2D eigenvalue weighted by atomic mass is 10.2. The van der Waals surface area contributed by atoms with E-state index in [4.69, 9.17) is 16.3 Å². The summed E-state index contributed by atoms with van der Waals surface area (Å²) in [5, 5.41) is 0.200. The number of aromatic nitrogens is 1. The molecule has 0 aliphatic heterocycles. The van der Waals surface area contributed by atoms with Crippen molar-refractivity contribution in [2.24, 2.45) is 0 Å². The van der Waals surface area contributed by atoms with Crippen LogP contribution < -0.4 is 4.90 Å². The van der Waals surface area contributed by atoms with Gasteiger partial charge in [0.15, 0.2) is 6.29 Å². The maximum atomic E-state index is 11.8. The molecular formula is C12H15ClN2O3. The van der Waals surface area contributed by atoms with Crippen LogP contribution in [0.5, 0.6) is 0 Å². The van der Waals surface area contributed by atoms with Crippen molar-refractivity contribution in [3.8, 4) is 0 Å². The van der Waals surface area contributed by atoms with Crippen molar-refractivity contribution < 1.29 is 14.3 Å². The predicted octanol–water partition coefficient (Wildman–Crippen LogP) is 2.92. The normalized spacial score (nSPS) is 10.9. The summed E-state index contributed by atoms with van der Waals surface area (Å²) in [7, 11) is 1.47. The molecule has 0 spiro atoms. The zero-order chi connectivity index (χ0) is 13.9. The number of halogens is 1. The fourth-order valence-corrected chi connectivity index (χ4v) is 1.36. The number of amides is 1. The third-order valence-electron chi connectivity index (χ3n) is 1.98. The third-order valence-corrected chi connectivity index (χ3v) is 2.19. The molecule has 0 aliphatic carbocycles. The number of carbonyl (C=O) groups is 2. The highest BCUT2D eigenvalue weighted by Crippen LogP contribution is 2.20. The van der Waals surface area contributed by atoms with E-state index in [1.54, 1.807) is 20.8 Å². The molecule has 1 aromatic heterocycles. The van der Waals surface area contributed by atoms with Gasteiger partial charge in [-0.1, -0.05) is 11.6 Å². The third kappa shape index (κ3) is 3.70. The number of aldehydes is 1. The average Bonchev–Trinajstić information content (AvgIpc) is 2.25. The molecule has 0 radical (unpaired) electrons. The maximum absolute atomic E-state index is 11.8. The Kier molecular flexibility index (Phi) is 4.29. The standard InChI is InChI=1S/C12H15ClN2O3/c1-12(2,3)18-11(17)15(4)10-8(7-16)5-6-9(13)14-10/h5-7H,1-4H3. The van der Waals surface area contributed by atoms with Crippen LogP contribution in [0.4, 0.5) is 10.6 Å². The molecule has 1 heterocycles. The van der Waals surface area contributed by atoms with Crippen LogP contribution in [0.1, 0.15) is 31.1 Å². The molecule has 1 amide bonds. The van der Waals surface area contributed by atoms with Gasteiger partial charge >= 0.3 is 6.09 Å². The van der Waals surface area contributed by atoms with E-state index in [0.717, 1.165) is 4.90 Å². The van der Waals surface area contributed by atoms with E-state index < -0.39 is 11.7 Å². The van der Waals surface area contributed by atoms with Crippen molar-refractivity contribution in [3.63, 3.8) is 0 Å². The molecule has 0 fully saturated rings. The SMILES string of the molecule is CN(C(=O)OC(C)(C)C)c1nc(Cl)ccc1C=O. The van der Waals surface area contributed by atoms with E-state index in [1.807, 2.05) is 0 Å². The largest absolute Gasteiger partial charge is 0.443 e. The van der Waals surface area contributed by atoms with Crippen LogP contribution in [0, 0.1) is 0 Å². The number of nitrogens with zero attached hydrogens (tertiary/aromatic N) is 2. The monoisotopic (exact) mass is 270 g/mol. The van der Waals surface area contributed by atoms with Crippen molar-refractivity contribution >= 4 is 29.8 Å². The van der Waals surface area contributed by atoms with Crippen LogP contribution in [0.15, 0.2) is 12.1 Å². The summed E-state index contributed by atoms with van der Waals surface area (Å²) in [6.07, 6.45) is 0.0138. The topological polar surface area (TPSA) is 59.5 Å². The van der Waals surface area contributed by atoms with Gasteiger partial charge in [-0.25, -0.2) is 9.78 Å². The minimum atomic E-state index is -0.620. The van der Waals surface area contributed by atoms with Crippen molar-refractivity contribution in [1.29, 1.82) is 0 Å². The molecule has 0 aromatic carbocycles. The van der Waals surface area contributed by atoms with Gasteiger partial charge in [0.1, 0.15) is 16.6 Å². The second-order valence-corrected chi connectivity index (χ2v) is 5.09. The smallest absolute Gasteiger partial charge is 0.415 e. The van der Waals surface area contributed by atoms with Crippen molar-refractivity contribution in [3.05, 3.63) is 22.8 Å². The lowest BCUT2D eigenvalue weighted by Gasteiger charge is -2.24. The van der Waals surface area contributed by atoms with Crippen LogP contribution in [0.3, 0.4) is 0 Å². The van der Waals surface area contributed by atoms with E-state index in [1.165, 1.54) is 19.2 Å². The van der Waals surface area contributed by atoms with Crippen molar-refractivity contribution in [2.45, 2.75) is 26.4 Å². The first-order valence-electron chi connectivity index (χ1n) is 5.33. The number of pyridine rings is 1. The number of rotatable bonds is 2. The molecule has 0 saturated heterocycles. The summed E-state index contributed by atoms with van der Waals surface area (Å²) in [5.41, 5.74) is -0.349. The van der Waals surface area contributed by atoms with Gasteiger partial charge < -0.3 is 4.74 Å². The fraction of sp³-hybridized carbons (Fsp3) is 0.417. The molecule has 0 unspecified atom stereocenters. The number of hydrogen-bond acceptors (Lipinski definition) is 4. The Bertz CT molecular complexity index is 469. The Morgan fingerprint density at radius 3 is 2.56 bits per heavy atom. The first kappa shape index (κ1) is 14.4. The van der Waals surface area contributed by atoms with Gasteiger partial charge in [0, 0.05) is 7.05 Å². The Hall–Kier alpha value is -1.62. The van der Waals surface area contributed by atoms with Crippen LogP contribution in [-0.4, -0.2) is 30.0 Å². The second kappa shape index (κ2) is 5.35. The Labute approximate surface area is 111 Å². The van der Waals surface area contributed by atoms with Gasteiger partial charge in [0.25, 0.3) is 0 Å². The summed E-state index contributed by atoms with van der Waals surface area (Å²) in [6, 6.07) is 2.98. The molecule has 18 heavy (non-hydrogen) atoms. The molecule has 0 bridgehead atoms. The highest BCUT2D eigenvalue weighted by molar-refractivity contribution is 6.29. The second-order valence-electron chi connectivity index (χ2n) is 4.70. The lowest BCUT2D eigenvalue weighted by molar-refractivity contribution is 0.0588. The quantitative estimate of drug-likeness (QED) is 0.612. The van der Waals surface area contributed by atoms with Crippen LogP contribution in [-0.2, 0) is 4.74 Å². The van der Waals surface area contributed by atoms with E-state index in [2.05, 4.69) is 4.98 Å². The summed E-state index contributed by atoms with van der Waals surface area (Å²) in [4.78, 5) is 27.8. The highest BCUT2D eigenvalue weighted by Gasteiger charge is 2.23. The van der Waals surface area contributed by atoms with Crippen LogP contribution in [0.2, 0.25) is 5.15 Å². The molecule has 98 valence electrons. The minimum absolute atomic E-state index is 0.173. The van der Waals surface area contributed by atoms with Gasteiger partial charge in [-0.05, 0) is 32.9 Å². The molecule has 0 N–H and O–H groups in total. The summed E-state index contributed by atoms with van der Waals surface area (Å²) >= 11 is 5.75. The van der Waals surface area contributed by atoms with Gasteiger partial charge in [-0.3, -0.25) is 9.69 Å². The molecule has 1 aromatic rings. The van der Waals surface area contributed by atoms with Gasteiger partial charge in [-0.15, -0.1) is 0 Å². The molecule has 0 aliphatic rings. The fourth-order valence-electron chi connectivity index (χ4n) is 1.21. The van der Waals surface area contributed by atoms with Gasteiger partial charge in [-0.2, -0.15) is 0 Å². The summed E-state index contributed by atoms with van der Waals surface area (Å²) < 4.78 is 5.18. The van der Waals surface area contributed by atoms with E-state index in [-0.39, 0.29) is 16.5 Å². The zero-order valence-electron chi connectivity index (χ0n) is 10.7. The summed E-state index contributed by atoms with van der Waals surface area (Å²) in [6.45, 7) is 5.26. The molecular weight excluding hydrogens is 256 g/mol. The van der Waals surface area contributed by atoms with Crippen LogP contribution >= 0.6 is 11.6 Å². The zero-order valence-corrected chi connectivity index (χ0v) is 11.5. The number of hydrogen-bond donors (Lipinski definition) is 0. The highest BCUT2D eigenvalue weighted by atomic mass is 35.5. The Balaban J connectivity index is 3.03. The van der Waals surface area contributed by atoms with E-state index >= 15 is 0 Å². The molecule has 1 rings (SSSR count). The summed E-state index contributed by atoms with van der Waals surface area (Å²) in [5.74, 6) is 0.173. The van der Waals surface area contributed by atoms with E-state index in [9.17, 15) is 9.59 Å². The van der Waals surface area contributed by atoms with Crippen LogP contribution in [0.25, 0.3) is 0 Å². The first-order valence-corrected chi connectivity index (χ1v) is 5.71. The molecule has 5 nitrogen and oxygen atoms in total. The molecule has 6 heteroatoms. The molecule has 0 saturated carbocycles. The number of ether oxygens (including phenoxy) is 1. The average molecular weight is 271 g/mol. The maximum Gasteiger partial charge on any atom is 0.415 e. The van der Waals surface area contributed by atoms with E-state index in [0.29, 0.717) is 6.29 Å². The number of carbonyl (C=O) groups excluding carboxylic acids is 2. The van der Waals surface area contributed by atoms with Gasteiger partial charge in [0.2, 0.25) is 0 Å². The van der Waals surface area contributed by atoms with Crippen molar-refractivity contribution in [1.82, 2.24) is 4.98 Å². The predicted molar refractivity (Wildman–Crippen MR) is 69.3 cm³/mol. The number of anilines is 1. The Morgan fingerprint density at radius 1 is 1.44 bits per heavy atom.